The van der Waals surface area contributed by atoms with Crippen LogP contribution in [0.5, 0.6) is 17.2 Å². The van der Waals surface area contributed by atoms with Crippen molar-refractivity contribution in [2.45, 2.75) is 0 Å². The van der Waals surface area contributed by atoms with Gasteiger partial charge in [-0.1, -0.05) is 24.4 Å². The lowest BCUT2D eigenvalue weighted by Gasteiger charge is -2.09. The van der Waals surface area contributed by atoms with Gasteiger partial charge in [0.05, 0.1) is 7.11 Å². The van der Waals surface area contributed by atoms with Crippen LogP contribution in [0.25, 0.3) is 0 Å². The quantitative estimate of drug-likeness (QED) is 0.629. The van der Waals surface area contributed by atoms with Crippen molar-refractivity contribution in [2.75, 3.05) is 20.3 Å². The van der Waals surface area contributed by atoms with Crippen LogP contribution >= 0.6 is 12.2 Å². The van der Waals surface area contributed by atoms with Crippen molar-refractivity contribution in [3.8, 4) is 17.2 Å². The van der Waals surface area contributed by atoms with Crippen LogP contribution < -0.4 is 19.9 Å². The zero-order valence-electron chi connectivity index (χ0n) is 11.7. The van der Waals surface area contributed by atoms with Crippen LogP contribution in [-0.4, -0.2) is 25.3 Å². The molecule has 0 saturated heterocycles. The van der Waals surface area contributed by atoms with Gasteiger partial charge >= 0.3 is 0 Å². The van der Waals surface area contributed by atoms with Crippen molar-refractivity contribution >= 4 is 17.2 Å². The Hall–Kier alpha value is -2.27. The van der Waals surface area contributed by atoms with Gasteiger partial charge in [0.25, 0.3) is 0 Å². The third-order valence-corrected chi connectivity index (χ3v) is 3.03. The highest BCUT2D eigenvalue weighted by Gasteiger charge is 2.00. The maximum atomic E-state index is 5.60. The lowest BCUT2D eigenvalue weighted by Crippen LogP contribution is -2.11. The summed E-state index contributed by atoms with van der Waals surface area (Å²) in [6.07, 6.45) is 0. The Balaban J connectivity index is 1.78. The molecule has 4 nitrogen and oxygen atoms in total. The van der Waals surface area contributed by atoms with Crippen molar-refractivity contribution < 1.29 is 14.2 Å². The molecule has 0 atom stereocenters. The van der Waals surface area contributed by atoms with E-state index in [0.29, 0.717) is 18.2 Å². The van der Waals surface area contributed by atoms with Gasteiger partial charge in [-0.25, -0.2) is 0 Å². The van der Waals surface area contributed by atoms with Crippen LogP contribution in [-0.2, 0) is 0 Å². The van der Waals surface area contributed by atoms with Crippen molar-refractivity contribution in [3.63, 3.8) is 0 Å². The lowest BCUT2D eigenvalue weighted by atomic mass is 10.2. The average Bonchev–Trinajstić information content (AvgIpc) is 2.52. The third-order valence-electron chi connectivity index (χ3n) is 2.80. The summed E-state index contributed by atoms with van der Waals surface area (Å²) in [5.41, 5.74) is 6.37. The Morgan fingerprint density at radius 2 is 1.57 bits per heavy atom. The molecule has 0 unspecified atom stereocenters. The van der Waals surface area contributed by atoms with Crippen molar-refractivity contribution in [3.05, 3.63) is 54.1 Å². The fourth-order valence-corrected chi connectivity index (χ4v) is 1.86. The molecule has 0 aliphatic heterocycles. The van der Waals surface area contributed by atoms with Crippen molar-refractivity contribution in [1.82, 2.24) is 0 Å². The molecule has 2 aromatic rings. The van der Waals surface area contributed by atoms with Gasteiger partial charge in [0.1, 0.15) is 35.5 Å². The minimum absolute atomic E-state index is 0.356. The summed E-state index contributed by atoms with van der Waals surface area (Å²) in [4.78, 5) is 0.356. The van der Waals surface area contributed by atoms with Gasteiger partial charge in [0.2, 0.25) is 0 Å². The monoisotopic (exact) mass is 303 g/mol. The molecule has 2 aromatic carbocycles. The second kappa shape index (κ2) is 7.50. The molecule has 0 radical (unpaired) electrons. The summed E-state index contributed by atoms with van der Waals surface area (Å²) in [5.74, 6) is 2.29. The van der Waals surface area contributed by atoms with Gasteiger partial charge in [-0.2, -0.15) is 0 Å². The molecular formula is C16H17NO3S. The number of benzene rings is 2. The number of nitrogens with two attached hydrogens (primary N) is 1. The summed E-state index contributed by atoms with van der Waals surface area (Å²) in [6.45, 7) is 0.885. The molecule has 0 aliphatic rings. The molecule has 0 spiro atoms. The molecule has 5 heteroatoms. The van der Waals surface area contributed by atoms with Crippen LogP contribution in [0.2, 0.25) is 0 Å². The largest absolute Gasteiger partial charge is 0.497 e. The number of rotatable bonds is 7. The Bertz CT molecular complexity index is 599. The van der Waals surface area contributed by atoms with E-state index in [-0.39, 0.29) is 0 Å². The fourth-order valence-electron chi connectivity index (χ4n) is 1.73. The van der Waals surface area contributed by atoms with Gasteiger partial charge in [-0.15, -0.1) is 0 Å². The minimum atomic E-state index is 0.356. The van der Waals surface area contributed by atoms with E-state index in [4.69, 9.17) is 32.2 Å². The van der Waals surface area contributed by atoms with Gasteiger partial charge in [-0.05, 0) is 36.4 Å². The van der Waals surface area contributed by atoms with E-state index in [1.165, 1.54) is 0 Å². The predicted molar refractivity (Wildman–Crippen MR) is 86.3 cm³/mol. The Morgan fingerprint density at radius 3 is 2.19 bits per heavy atom. The highest BCUT2D eigenvalue weighted by atomic mass is 32.1. The Morgan fingerprint density at radius 1 is 0.952 bits per heavy atom. The number of methoxy groups -OCH3 is 1. The second-order valence-corrected chi connectivity index (χ2v) is 4.70. The topological polar surface area (TPSA) is 53.7 Å². The zero-order chi connectivity index (χ0) is 15.1. The number of hydrogen-bond donors (Lipinski definition) is 1. The SMILES string of the molecule is COc1ccc(OCCOc2cccc(C(N)=S)c2)cc1. The van der Waals surface area contributed by atoms with Crippen LogP contribution in [0, 0.1) is 0 Å². The first-order valence-electron chi connectivity index (χ1n) is 6.48. The summed E-state index contributed by atoms with van der Waals surface area (Å²) in [6, 6.07) is 14.8. The van der Waals surface area contributed by atoms with E-state index in [1.54, 1.807) is 7.11 Å². The summed E-state index contributed by atoms with van der Waals surface area (Å²) in [7, 11) is 1.63. The summed E-state index contributed by atoms with van der Waals surface area (Å²) >= 11 is 4.93. The molecule has 0 bridgehead atoms. The maximum absolute atomic E-state index is 5.60. The van der Waals surface area contributed by atoms with E-state index in [1.807, 2.05) is 48.5 Å². The first-order valence-corrected chi connectivity index (χ1v) is 6.89. The van der Waals surface area contributed by atoms with Gasteiger partial charge < -0.3 is 19.9 Å². The highest BCUT2D eigenvalue weighted by molar-refractivity contribution is 7.80. The Kier molecular flexibility index (Phi) is 5.40. The minimum Gasteiger partial charge on any atom is -0.497 e. The smallest absolute Gasteiger partial charge is 0.122 e. The lowest BCUT2D eigenvalue weighted by molar-refractivity contribution is 0.217. The standard InChI is InChI=1S/C16H17NO3S/c1-18-13-5-7-14(8-6-13)19-9-10-20-15-4-2-3-12(11-15)16(17)21/h2-8,11H,9-10H2,1H3,(H2,17,21). The number of thiocarbonyl (C=S) groups is 1. The second-order valence-electron chi connectivity index (χ2n) is 4.26. The molecule has 0 aliphatic carbocycles. The normalized spacial score (nSPS) is 9.95. The zero-order valence-corrected chi connectivity index (χ0v) is 12.6. The van der Waals surface area contributed by atoms with Gasteiger partial charge in [0.15, 0.2) is 0 Å². The molecule has 2 rings (SSSR count). The average molecular weight is 303 g/mol. The van der Waals surface area contributed by atoms with Gasteiger partial charge in [-0.3, -0.25) is 0 Å². The van der Waals surface area contributed by atoms with E-state index in [0.717, 1.165) is 22.8 Å². The predicted octanol–water partition coefficient (Wildman–Crippen LogP) is 2.79. The molecular weight excluding hydrogens is 286 g/mol. The fraction of sp³-hybridized carbons (Fsp3) is 0.188. The van der Waals surface area contributed by atoms with Crippen LogP contribution in [0.15, 0.2) is 48.5 Å². The van der Waals surface area contributed by atoms with E-state index >= 15 is 0 Å². The van der Waals surface area contributed by atoms with E-state index in [2.05, 4.69) is 0 Å². The van der Waals surface area contributed by atoms with Crippen molar-refractivity contribution in [2.24, 2.45) is 5.73 Å². The van der Waals surface area contributed by atoms with Gasteiger partial charge in [0, 0.05) is 5.56 Å². The third kappa shape index (κ3) is 4.65. The first-order chi connectivity index (χ1) is 10.2. The summed E-state index contributed by atoms with van der Waals surface area (Å²) in [5, 5.41) is 0. The Labute approximate surface area is 129 Å². The molecule has 21 heavy (non-hydrogen) atoms. The van der Waals surface area contributed by atoms with Crippen LogP contribution in [0.4, 0.5) is 0 Å². The molecule has 0 amide bonds. The van der Waals surface area contributed by atoms with Crippen LogP contribution in [0.1, 0.15) is 5.56 Å². The maximum Gasteiger partial charge on any atom is 0.122 e. The van der Waals surface area contributed by atoms with Crippen LogP contribution in [0.3, 0.4) is 0 Å². The number of ether oxygens (including phenoxy) is 3. The first kappa shape index (κ1) is 15.1. The van der Waals surface area contributed by atoms with E-state index in [9.17, 15) is 0 Å². The molecule has 2 N–H and O–H groups in total. The molecule has 0 heterocycles. The summed E-state index contributed by atoms with van der Waals surface area (Å²) < 4.78 is 16.3. The van der Waals surface area contributed by atoms with E-state index < -0.39 is 0 Å². The highest BCUT2D eigenvalue weighted by Crippen LogP contribution is 2.17. The number of hydrogen-bond acceptors (Lipinski definition) is 4. The molecule has 0 saturated carbocycles. The molecule has 0 fully saturated rings. The van der Waals surface area contributed by atoms with Crippen molar-refractivity contribution in [1.29, 1.82) is 0 Å². The molecule has 0 aromatic heterocycles. The molecule has 110 valence electrons.